The molecule has 0 spiro atoms. The number of halogens is 1. The van der Waals surface area contributed by atoms with E-state index in [1.54, 1.807) is 29.1 Å². The maximum Gasteiger partial charge on any atom is 0.226 e. The van der Waals surface area contributed by atoms with Crippen LogP contribution in [0.2, 0.25) is 5.02 Å². The first-order valence-corrected chi connectivity index (χ1v) is 11.4. The fourth-order valence-electron chi connectivity index (χ4n) is 2.68. The standard InChI is InChI=1S/C21H23ClN4O3S/c1-21(2,3)17-14-19(26(25-17)18-6-4-5-12-23-18)24-20(27)11-13-30(28,29)16-9-7-15(22)8-10-16/h4-10,12,14H,11,13H2,1-3H3,(H,24,27). The minimum Gasteiger partial charge on any atom is -0.310 e. The highest BCUT2D eigenvalue weighted by atomic mass is 35.5. The largest absolute Gasteiger partial charge is 0.310 e. The van der Waals surface area contributed by atoms with Crippen molar-refractivity contribution in [3.05, 3.63) is 65.4 Å². The molecule has 158 valence electrons. The van der Waals surface area contributed by atoms with Crippen molar-refractivity contribution in [3.8, 4) is 5.82 Å². The average Bonchev–Trinajstić information content (AvgIpc) is 3.12. The van der Waals surface area contributed by atoms with Crippen molar-refractivity contribution in [1.82, 2.24) is 14.8 Å². The van der Waals surface area contributed by atoms with Crippen molar-refractivity contribution in [3.63, 3.8) is 0 Å². The Labute approximate surface area is 181 Å². The number of sulfone groups is 1. The maximum absolute atomic E-state index is 12.5. The second-order valence-corrected chi connectivity index (χ2v) is 10.4. The van der Waals surface area contributed by atoms with Crippen molar-refractivity contribution in [2.45, 2.75) is 37.5 Å². The van der Waals surface area contributed by atoms with Crippen molar-refractivity contribution in [2.24, 2.45) is 0 Å². The number of amides is 1. The van der Waals surface area contributed by atoms with Crippen LogP contribution >= 0.6 is 11.6 Å². The van der Waals surface area contributed by atoms with Gasteiger partial charge in [-0.15, -0.1) is 0 Å². The Morgan fingerprint density at radius 3 is 2.43 bits per heavy atom. The van der Waals surface area contributed by atoms with Crippen LogP contribution in [-0.4, -0.2) is 34.8 Å². The summed E-state index contributed by atoms with van der Waals surface area (Å²) in [6.45, 7) is 6.05. The number of carbonyl (C=O) groups is 1. The van der Waals surface area contributed by atoms with E-state index in [-0.39, 0.29) is 22.5 Å². The molecule has 0 fully saturated rings. The van der Waals surface area contributed by atoms with E-state index >= 15 is 0 Å². The third kappa shape index (κ3) is 5.25. The first-order chi connectivity index (χ1) is 14.1. The number of rotatable bonds is 6. The van der Waals surface area contributed by atoms with Crippen LogP contribution in [0.3, 0.4) is 0 Å². The number of nitrogens with one attached hydrogen (secondary N) is 1. The number of hydrogen-bond acceptors (Lipinski definition) is 5. The van der Waals surface area contributed by atoms with Gasteiger partial charge in [0.05, 0.1) is 16.3 Å². The van der Waals surface area contributed by atoms with Gasteiger partial charge in [-0.1, -0.05) is 38.4 Å². The van der Waals surface area contributed by atoms with Crippen LogP contribution in [0.1, 0.15) is 32.9 Å². The Morgan fingerprint density at radius 1 is 1.13 bits per heavy atom. The van der Waals surface area contributed by atoms with E-state index in [9.17, 15) is 13.2 Å². The molecule has 9 heteroatoms. The fraction of sp³-hybridized carbons (Fsp3) is 0.286. The number of aromatic nitrogens is 3. The molecule has 1 N–H and O–H groups in total. The quantitative estimate of drug-likeness (QED) is 0.617. The third-order valence-electron chi connectivity index (χ3n) is 4.38. The number of carbonyl (C=O) groups excluding carboxylic acids is 1. The summed E-state index contributed by atoms with van der Waals surface area (Å²) in [5.74, 6) is 0.249. The molecule has 0 saturated heterocycles. The van der Waals surface area contributed by atoms with E-state index in [0.717, 1.165) is 5.69 Å². The molecule has 0 aliphatic rings. The number of anilines is 1. The molecule has 0 aliphatic carbocycles. The SMILES string of the molecule is CC(C)(C)c1cc(NC(=O)CCS(=O)(=O)c2ccc(Cl)cc2)n(-c2ccccn2)n1. The summed E-state index contributed by atoms with van der Waals surface area (Å²) >= 11 is 5.81. The summed E-state index contributed by atoms with van der Waals surface area (Å²) in [5.41, 5.74) is 0.537. The summed E-state index contributed by atoms with van der Waals surface area (Å²) in [6, 6.07) is 13.0. The van der Waals surface area contributed by atoms with Gasteiger partial charge in [-0.25, -0.2) is 13.4 Å². The molecule has 30 heavy (non-hydrogen) atoms. The highest BCUT2D eigenvalue weighted by molar-refractivity contribution is 7.91. The molecule has 0 radical (unpaired) electrons. The molecule has 2 aromatic heterocycles. The van der Waals surface area contributed by atoms with Gasteiger partial charge in [-0.05, 0) is 36.4 Å². The molecular formula is C21H23ClN4O3S. The van der Waals surface area contributed by atoms with Gasteiger partial charge in [0.1, 0.15) is 5.82 Å². The van der Waals surface area contributed by atoms with E-state index in [1.165, 1.54) is 24.3 Å². The van der Waals surface area contributed by atoms with Gasteiger partial charge in [0.15, 0.2) is 15.7 Å². The van der Waals surface area contributed by atoms with E-state index in [2.05, 4.69) is 15.4 Å². The second-order valence-electron chi connectivity index (χ2n) is 7.84. The molecule has 3 rings (SSSR count). The predicted molar refractivity (Wildman–Crippen MR) is 117 cm³/mol. The Morgan fingerprint density at radius 2 is 1.83 bits per heavy atom. The zero-order valence-corrected chi connectivity index (χ0v) is 18.5. The number of benzene rings is 1. The molecule has 2 heterocycles. The lowest BCUT2D eigenvalue weighted by molar-refractivity contribution is -0.115. The highest BCUT2D eigenvalue weighted by Gasteiger charge is 2.23. The van der Waals surface area contributed by atoms with Crippen LogP contribution in [0.25, 0.3) is 5.82 Å². The van der Waals surface area contributed by atoms with E-state index in [4.69, 9.17) is 11.6 Å². The molecule has 0 aliphatic heterocycles. The molecule has 1 aromatic carbocycles. The lowest BCUT2D eigenvalue weighted by atomic mass is 9.92. The van der Waals surface area contributed by atoms with E-state index in [1.807, 2.05) is 26.8 Å². The maximum atomic E-state index is 12.5. The summed E-state index contributed by atoms with van der Waals surface area (Å²) in [6.07, 6.45) is 1.45. The lowest BCUT2D eigenvalue weighted by Crippen LogP contribution is -2.19. The van der Waals surface area contributed by atoms with Gasteiger partial charge < -0.3 is 5.32 Å². The van der Waals surface area contributed by atoms with Crippen LogP contribution in [0.15, 0.2) is 59.6 Å². The molecule has 0 bridgehead atoms. The number of nitrogens with zero attached hydrogens (tertiary/aromatic N) is 3. The predicted octanol–water partition coefficient (Wildman–Crippen LogP) is 4.02. The molecular weight excluding hydrogens is 424 g/mol. The van der Waals surface area contributed by atoms with Crippen molar-refractivity contribution in [2.75, 3.05) is 11.1 Å². The zero-order chi connectivity index (χ0) is 21.9. The number of pyridine rings is 1. The van der Waals surface area contributed by atoms with Gasteiger partial charge in [0.2, 0.25) is 5.91 Å². The van der Waals surface area contributed by atoms with Crippen LogP contribution in [0.5, 0.6) is 0 Å². The van der Waals surface area contributed by atoms with Crippen LogP contribution in [0, 0.1) is 0 Å². The Hall–Kier alpha value is -2.71. The number of hydrogen-bond donors (Lipinski definition) is 1. The van der Waals surface area contributed by atoms with Crippen molar-refractivity contribution < 1.29 is 13.2 Å². The first kappa shape index (κ1) is 22.0. The molecule has 0 unspecified atom stereocenters. The third-order valence-corrected chi connectivity index (χ3v) is 6.37. The van der Waals surface area contributed by atoms with Crippen LogP contribution < -0.4 is 5.32 Å². The fourth-order valence-corrected chi connectivity index (χ4v) is 4.05. The zero-order valence-electron chi connectivity index (χ0n) is 17.0. The van der Waals surface area contributed by atoms with Gasteiger partial charge in [-0.3, -0.25) is 4.79 Å². The van der Waals surface area contributed by atoms with Gasteiger partial charge in [-0.2, -0.15) is 9.78 Å². The van der Waals surface area contributed by atoms with Gasteiger partial charge in [0, 0.05) is 29.1 Å². The Bertz CT molecular complexity index is 1140. The van der Waals surface area contributed by atoms with E-state index in [0.29, 0.717) is 16.7 Å². The monoisotopic (exact) mass is 446 g/mol. The van der Waals surface area contributed by atoms with Crippen LogP contribution in [0.4, 0.5) is 5.82 Å². The lowest BCUT2D eigenvalue weighted by Gasteiger charge is -2.13. The minimum absolute atomic E-state index is 0.133. The normalized spacial score (nSPS) is 12.0. The summed E-state index contributed by atoms with van der Waals surface area (Å²) in [5, 5.41) is 7.80. The molecule has 3 aromatic rings. The van der Waals surface area contributed by atoms with Crippen molar-refractivity contribution in [1.29, 1.82) is 0 Å². The summed E-state index contributed by atoms with van der Waals surface area (Å²) in [4.78, 5) is 16.9. The minimum atomic E-state index is -3.60. The molecule has 1 amide bonds. The first-order valence-electron chi connectivity index (χ1n) is 9.36. The Balaban J connectivity index is 1.77. The smallest absolute Gasteiger partial charge is 0.226 e. The summed E-state index contributed by atoms with van der Waals surface area (Å²) in [7, 11) is -3.60. The average molecular weight is 447 g/mol. The molecule has 7 nitrogen and oxygen atoms in total. The Kier molecular flexibility index (Phi) is 6.28. The van der Waals surface area contributed by atoms with E-state index < -0.39 is 15.7 Å². The molecule has 0 atom stereocenters. The van der Waals surface area contributed by atoms with Gasteiger partial charge in [0.25, 0.3) is 0 Å². The van der Waals surface area contributed by atoms with Crippen LogP contribution in [-0.2, 0) is 20.0 Å². The second kappa shape index (κ2) is 8.57. The van der Waals surface area contributed by atoms with Crippen molar-refractivity contribution >= 4 is 33.2 Å². The summed E-state index contributed by atoms with van der Waals surface area (Å²) < 4.78 is 26.5. The highest BCUT2D eigenvalue weighted by Crippen LogP contribution is 2.26. The molecule has 0 saturated carbocycles. The topological polar surface area (TPSA) is 94.0 Å². The van der Waals surface area contributed by atoms with Gasteiger partial charge >= 0.3 is 0 Å².